The predicted octanol–water partition coefficient (Wildman–Crippen LogP) is 2.47. The van der Waals surface area contributed by atoms with Crippen molar-refractivity contribution in [3.63, 3.8) is 0 Å². The SMILES string of the molecule is CC(C)(O)c1cn(CCOc2ccc(-c3nc4[nH]c(=O)[nH]c4cc3Cl)cc2)nn1. The number of H-pyrrole nitrogens is 2. The van der Waals surface area contributed by atoms with E-state index in [0.717, 1.165) is 5.56 Å². The second kappa shape index (κ2) is 7.34. The van der Waals surface area contributed by atoms with Gasteiger partial charge in [0.1, 0.15) is 23.7 Å². The van der Waals surface area contributed by atoms with Crippen molar-refractivity contribution in [2.75, 3.05) is 6.61 Å². The second-order valence-corrected chi connectivity index (χ2v) is 7.50. The first kappa shape index (κ1) is 19.2. The number of ether oxygens (including phenoxy) is 1. The number of aromatic amines is 2. The number of hydrogen-bond acceptors (Lipinski definition) is 6. The molecule has 4 aromatic rings. The van der Waals surface area contributed by atoms with Crippen LogP contribution in [0.4, 0.5) is 0 Å². The van der Waals surface area contributed by atoms with Crippen molar-refractivity contribution in [1.29, 1.82) is 0 Å². The Kier molecular flexibility index (Phi) is 4.85. The predicted molar refractivity (Wildman–Crippen MR) is 108 cm³/mol. The van der Waals surface area contributed by atoms with Gasteiger partial charge < -0.3 is 14.8 Å². The van der Waals surface area contributed by atoms with E-state index in [9.17, 15) is 9.90 Å². The van der Waals surface area contributed by atoms with Crippen molar-refractivity contribution >= 4 is 22.8 Å². The Labute approximate surface area is 170 Å². The second-order valence-electron chi connectivity index (χ2n) is 7.09. The van der Waals surface area contributed by atoms with Crippen LogP contribution in [0.5, 0.6) is 5.75 Å². The summed E-state index contributed by atoms with van der Waals surface area (Å²) in [5.41, 5.74) is 1.54. The summed E-state index contributed by atoms with van der Waals surface area (Å²) in [7, 11) is 0. The third-order valence-corrected chi connectivity index (χ3v) is 4.63. The number of rotatable bonds is 6. The van der Waals surface area contributed by atoms with Crippen LogP contribution in [-0.2, 0) is 12.1 Å². The lowest BCUT2D eigenvalue weighted by Gasteiger charge is -2.11. The van der Waals surface area contributed by atoms with E-state index < -0.39 is 5.60 Å². The van der Waals surface area contributed by atoms with Crippen molar-refractivity contribution in [3.05, 3.63) is 57.7 Å². The fourth-order valence-electron chi connectivity index (χ4n) is 2.80. The maximum absolute atomic E-state index is 11.4. The molecule has 29 heavy (non-hydrogen) atoms. The van der Waals surface area contributed by atoms with Gasteiger partial charge >= 0.3 is 5.69 Å². The Bertz CT molecular complexity index is 1200. The van der Waals surface area contributed by atoms with Gasteiger partial charge in [-0.1, -0.05) is 16.8 Å². The molecule has 3 heterocycles. The zero-order valence-electron chi connectivity index (χ0n) is 15.8. The summed E-state index contributed by atoms with van der Waals surface area (Å²) in [6.45, 7) is 4.21. The Morgan fingerprint density at radius 1 is 1.24 bits per heavy atom. The maximum Gasteiger partial charge on any atom is 0.325 e. The van der Waals surface area contributed by atoms with E-state index in [1.165, 1.54) is 0 Å². The topological polar surface area (TPSA) is 122 Å². The number of hydrogen-bond donors (Lipinski definition) is 3. The number of pyridine rings is 1. The van der Waals surface area contributed by atoms with Crippen LogP contribution < -0.4 is 10.4 Å². The molecule has 0 aliphatic heterocycles. The van der Waals surface area contributed by atoms with Crippen LogP contribution in [0.15, 0.2) is 41.3 Å². The molecule has 0 spiro atoms. The summed E-state index contributed by atoms with van der Waals surface area (Å²) >= 11 is 6.31. The molecule has 0 saturated carbocycles. The number of aromatic nitrogens is 6. The average Bonchev–Trinajstić information content (AvgIpc) is 3.27. The van der Waals surface area contributed by atoms with Crippen LogP contribution in [0.3, 0.4) is 0 Å². The summed E-state index contributed by atoms with van der Waals surface area (Å²) in [6, 6.07) is 9.01. The van der Waals surface area contributed by atoms with Crippen molar-refractivity contribution < 1.29 is 9.84 Å². The smallest absolute Gasteiger partial charge is 0.325 e. The van der Waals surface area contributed by atoms with Gasteiger partial charge in [0.2, 0.25) is 0 Å². The molecule has 4 rings (SSSR count). The fourth-order valence-corrected chi connectivity index (χ4v) is 3.06. The first-order valence-corrected chi connectivity index (χ1v) is 9.32. The first-order chi connectivity index (χ1) is 13.8. The van der Waals surface area contributed by atoms with Gasteiger partial charge in [-0.05, 0) is 44.2 Å². The van der Waals surface area contributed by atoms with E-state index in [-0.39, 0.29) is 5.69 Å². The zero-order valence-corrected chi connectivity index (χ0v) is 16.6. The molecule has 3 N–H and O–H groups in total. The van der Waals surface area contributed by atoms with Gasteiger partial charge in [0.25, 0.3) is 0 Å². The van der Waals surface area contributed by atoms with Crippen molar-refractivity contribution in [1.82, 2.24) is 29.9 Å². The number of nitrogens with zero attached hydrogens (tertiary/aromatic N) is 4. The minimum atomic E-state index is -1.03. The molecule has 0 unspecified atom stereocenters. The highest BCUT2D eigenvalue weighted by molar-refractivity contribution is 6.33. The van der Waals surface area contributed by atoms with Gasteiger partial charge in [-0.15, -0.1) is 5.10 Å². The highest BCUT2D eigenvalue weighted by Gasteiger charge is 2.19. The molecule has 0 saturated heterocycles. The summed E-state index contributed by atoms with van der Waals surface area (Å²) in [5, 5.41) is 18.3. The highest BCUT2D eigenvalue weighted by Crippen LogP contribution is 2.29. The third-order valence-electron chi connectivity index (χ3n) is 4.34. The lowest BCUT2D eigenvalue weighted by molar-refractivity contribution is 0.0737. The van der Waals surface area contributed by atoms with Crippen molar-refractivity contribution in [3.8, 4) is 17.0 Å². The molecule has 150 valence electrons. The van der Waals surface area contributed by atoms with Gasteiger partial charge in [0.05, 0.1) is 29.0 Å². The molecule has 0 bridgehead atoms. The van der Waals surface area contributed by atoms with E-state index in [2.05, 4.69) is 25.3 Å². The molecular weight excluding hydrogens is 396 g/mol. The zero-order chi connectivity index (χ0) is 20.6. The number of nitrogens with one attached hydrogen (secondary N) is 2. The third kappa shape index (κ3) is 4.15. The lowest BCUT2D eigenvalue weighted by atomic mass is 10.1. The summed E-state index contributed by atoms with van der Waals surface area (Å²) in [6.07, 6.45) is 1.70. The van der Waals surface area contributed by atoms with Crippen LogP contribution in [-0.4, -0.2) is 41.7 Å². The molecule has 0 fully saturated rings. The Balaban J connectivity index is 1.42. The average molecular weight is 415 g/mol. The number of benzene rings is 1. The maximum atomic E-state index is 11.4. The lowest BCUT2D eigenvalue weighted by Crippen LogP contribution is -2.16. The quantitative estimate of drug-likeness (QED) is 0.445. The van der Waals surface area contributed by atoms with E-state index in [1.54, 1.807) is 30.8 Å². The van der Waals surface area contributed by atoms with Gasteiger partial charge in [0.15, 0.2) is 5.65 Å². The normalized spacial score (nSPS) is 11.9. The number of fused-ring (bicyclic) bond motifs is 1. The van der Waals surface area contributed by atoms with E-state index in [0.29, 0.717) is 46.5 Å². The number of imidazole rings is 1. The van der Waals surface area contributed by atoms with Crippen LogP contribution in [0.2, 0.25) is 5.02 Å². The Hall–Kier alpha value is -3.17. The largest absolute Gasteiger partial charge is 0.492 e. The molecule has 10 heteroatoms. The molecule has 0 aliphatic carbocycles. The minimum absolute atomic E-state index is 0.327. The van der Waals surface area contributed by atoms with E-state index >= 15 is 0 Å². The highest BCUT2D eigenvalue weighted by atomic mass is 35.5. The van der Waals surface area contributed by atoms with Crippen molar-refractivity contribution in [2.45, 2.75) is 26.0 Å². The first-order valence-electron chi connectivity index (χ1n) is 8.94. The van der Waals surface area contributed by atoms with Crippen LogP contribution in [0.1, 0.15) is 19.5 Å². The molecule has 3 aromatic heterocycles. The molecular formula is C19H19ClN6O3. The van der Waals surface area contributed by atoms with Gasteiger partial charge in [-0.2, -0.15) is 0 Å². The molecule has 0 radical (unpaired) electrons. The Morgan fingerprint density at radius 2 is 2.00 bits per heavy atom. The van der Waals surface area contributed by atoms with Gasteiger partial charge in [-0.25, -0.2) is 14.5 Å². The summed E-state index contributed by atoms with van der Waals surface area (Å²) in [4.78, 5) is 21.1. The molecule has 1 aromatic carbocycles. The molecule has 0 aliphatic rings. The standard InChI is InChI=1S/C19H19ClN6O3/c1-19(2,28)15-10-26(25-24-15)7-8-29-12-5-3-11(4-6-12)16-13(20)9-14-17(22-16)23-18(27)21-14/h3-6,9-10,28H,7-8H2,1-2H3,(H2,21,22,23,27). The van der Waals surface area contributed by atoms with E-state index in [1.807, 2.05) is 24.3 Å². The number of halogens is 1. The molecule has 9 nitrogen and oxygen atoms in total. The Morgan fingerprint density at radius 3 is 2.69 bits per heavy atom. The van der Waals surface area contributed by atoms with Crippen LogP contribution in [0.25, 0.3) is 22.4 Å². The fraction of sp³-hybridized carbons (Fsp3) is 0.263. The summed E-state index contributed by atoms with van der Waals surface area (Å²) < 4.78 is 7.37. The van der Waals surface area contributed by atoms with E-state index in [4.69, 9.17) is 16.3 Å². The van der Waals surface area contributed by atoms with Crippen molar-refractivity contribution in [2.24, 2.45) is 0 Å². The van der Waals surface area contributed by atoms with Gasteiger partial charge in [-0.3, -0.25) is 4.98 Å². The molecule has 0 atom stereocenters. The summed E-state index contributed by atoms with van der Waals surface area (Å²) in [5.74, 6) is 0.684. The van der Waals surface area contributed by atoms with Crippen LogP contribution in [0, 0.1) is 0 Å². The van der Waals surface area contributed by atoms with Gasteiger partial charge in [0, 0.05) is 5.56 Å². The molecule has 0 amide bonds. The van der Waals surface area contributed by atoms with Crippen LogP contribution >= 0.6 is 11.6 Å². The minimum Gasteiger partial charge on any atom is -0.492 e. The number of aliphatic hydroxyl groups is 1. The monoisotopic (exact) mass is 414 g/mol.